The third-order valence-electron chi connectivity index (χ3n) is 5.49. The Hall–Kier alpha value is -2.89. The van der Waals surface area contributed by atoms with Crippen molar-refractivity contribution in [3.8, 4) is 0 Å². The molecule has 3 aromatic rings. The number of aromatic nitrogens is 1. The van der Waals surface area contributed by atoms with E-state index in [1.807, 2.05) is 18.3 Å². The van der Waals surface area contributed by atoms with E-state index in [4.69, 9.17) is 11.6 Å². The molecule has 0 bridgehead atoms. The molecule has 30 heavy (non-hydrogen) atoms. The van der Waals surface area contributed by atoms with Gasteiger partial charge in [0.1, 0.15) is 0 Å². The predicted octanol–water partition coefficient (Wildman–Crippen LogP) is 4.03. The highest BCUT2D eigenvalue weighted by Gasteiger charge is 2.26. The van der Waals surface area contributed by atoms with Gasteiger partial charge in [0.15, 0.2) is 0 Å². The third-order valence-corrected chi connectivity index (χ3v) is 5.72. The van der Waals surface area contributed by atoms with Crippen molar-refractivity contribution in [1.82, 2.24) is 15.2 Å². The summed E-state index contributed by atoms with van der Waals surface area (Å²) >= 11 is 6.03. The van der Waals surface area contributed by atoms with Crippen LogP contribution in [0.4, 0.5) is 5.69 Å². The largest absolute Gasteiger partial charge is 0.369 e. The van der Waals surface area contributed by atoms with Crippen molar-refractivity contribution >= 4 is 23.2 Å². The van der Waals surface area contributed by atoms with E-state index in [2.05, 4.69) is 50.4 Å². The maximum absolute atomic E-state index is 12.6. The Morgan fingerprint density at radius 1 is 1.00 bits per heavy atom. The van der Waals surface area contributed by atoms with Crippen LogP contribution in [0, 0.1) is 0 Å². The molecule has 4 rings (SSSR count). The van der Waals surface area contributed by atoms with Crippen LogP contribution in [0.3, 0.4) is 0 Å². The van der Waals surface area contributed by atoms with Crippen molar-refractivity contribution < 1.29 is 4.79 Å². The highest BCUT2D eigenvalue weighted by atomic mass is 35.5. The zero-order valence-electron chi connectivity index (χ0n) is 16.7. The van der Waals surface area contributed by atoms with Crippen molar-refractivity contribution in [3.63, 3.8) is 0 Å². The minimum atomic E-state index is -0.116. The molecule has 0 spiro atoms. The fourth-order valence-corrected chi connectivity index (χ4v) is 4.07. The van der Waals surface area contributed by atoms with Crippen LogP contribution in [0.25, 0.3) is 0 Å². The van der Waals surface area contributed by atoms with Crippen LogP contribution < -0.4 is 10.2 Å². The van der Waals surface area contributed by atoms with E-state index in [1.165, 1.54) is 5.69 Å². The number of rotatable bonds is 6. The number of piperazine rings is 1. The number of nitrogens with one attached hydrogen (secondary N) is 1. The molecule has 0 saturated carbocycles. The molecule has 5 nitrogen and oxygen atoms in total. The second-order valence-electron chi connectivity index (χ2n) is 7.38. The Labute approximate surface area is 182 Å². The zero-order chi connectivity index (χ0) is 20.8. The number of para-hydroxylation sites is 1. The van der Waals surface area contributed by atoms with Gasteiger partial charge in [-0.15, -0.1) is 0 Å². The van der Waals surface area contributed by atoms with Crippen molar-refractivity contribution in [1.29, 1.82) is 0 Å². The van der Waals surface area contributed by atoms with E-state index >= 15 is 0 Å². The minimum Gasteiger partial charge on any atom is -0.369 e. The molecule has 1 fully saturated rings. The number of carbonyl (C=O) groups excluding carboxylic acids is 1. The number of nitrogens with zero attached hydrogens (tertiary/aromatic N) is 3. The second-order valence-corrected chi connectivity index (χ2v) is 7.82. The fraction of sp³-hybridized carbons (Fsp3) is 0.250. The Morgan fingerprint density at radius 3 is 2.50 bits per heavy atom. The van der Waals surface area contributed by atoms with Gasteiger partial charge in [0.25, 0.3) is 5.91 Å². The summed E-state index contributed by atoms with van der Waals surface area (Å²) in [6.07, 6.45) is 3.66. The van der Waals surface area contributed by atoms with Gasteiger partial charge in [-0.3, -0.25) is 14.7 Å². The molecular formula is C24H25ClN4O. The first-order chi connectivity index (χ1) is 14.7. The summed E-state index contributed by atoms with van der Waals surface area (Å²) in [6, 6.07) is 21.6. The van der Waals surface area contributed by atoms with Crippen LogP contribution in [0.2, 0.25) is 5.02 Å². The summed E-state index contributed by atoms with van der Waals surface area (Å²) in [5.41, 5.74) is 2.93. The molecule has 6 heteroatoms. The average molecular weight is 421 g/mol. The van der Waals surface area contributed by atoms with E-state index in [-0.39, 0.29) is 11.9 Å². The first kappa shape index (κ1) is 20.4. The van der Waals surface area contributed by atoms with Gasteiger partial charge in [-0.2, -0.15) is 0 Å². The lowest BCUT2D eigenvalue weighted by molar-refractivity contribution is 0.0930. The molecule has 0 radical (unpaired) electrons. The summed E-state index contributed by atoms with van der Waals surface area (Å²) in [6.45, 7) is 4.25. The van der Waals surface area contributed by atoms with Crippen molar-refractivity contribution in [2.75, 3.05) is 37.6 Å². The van der Waals surface area contributed by atoms with Crippen LogP contribution in [-0.4, -0.2) is 48.5 Å². The van der Waals surface area contributed by atoms with Crippen LogP contribution in [0.1, 0.15) is 22.0 Å². The molecule has 1 aliphatic heterocycles. The first-order valence-electron chi connectivity index (χ1n) is 10.2. The maximum atomic E-state index is 12.6. The summed E-state index contributed by atoms with van der Waals surface area (Å²) in [7, 11) is 0. The predicted molar refractivity (Wildman–Crippen MR) is 121 cm³/mol. The maximum Gasteiger partial charge on any atom is 0.251 e. The zero-order valence-corrected chi connectivity index (χ0v) is 17.5. The molecule has 2 aromatic carbocycles. The summed E-state index contributed by atoms with van der Waals surface area (Å²) in [5, 5.41) is 3.64. The summed E-state index contributed by atoms with van der Waals surface area (Å²) < 4.78 is 0. The lowest BCUT2D eigenvalue weighted by Crippen LogP contribution is -2.50. The molecule has 1 atom stereocenters. The molecule has 1 N–H and O–H groups in total. The number of carbonyl (C=O) groups is 1. The van der Waals surface area contributed by atoms with Gasteiger partial charge < -0.3 is 10.2 Å². The van der Waals surface area contributed by atoms with Crippen LogP contribution in [-0.2, 0) is 0 Å². The van der Waals surface area contributed by atoms with E-state index in [1.54, 1.807) is 30.5 Å². The molecule has 154 valence electrons. The van der Waals surface area contributed by atoms with Crippen molar-refractivity contribution in [2.45, 2.75) is 6.04 Å². The molecule has 0 unspecified atom stereocenters. The average Bonchev–Trinajstić information content (AvgIpc) is 2.81. The van der Waals surface area contributed by atoms with E-state index in [0.717, 1.165) is 31.7 Å². The third kappa shape index (κ3) is 4.99. The standard InChI is InChI=1S/C24H25ClN4O/c25-21-8-4-6-19(16-21)24(30)27-18-23(20-7-5-11-26-17-20)29-14-12-28(13-15-29)22-9-2-1-3-10-22/h1-11,16-17,23H,12-15,18H2,(H,27,30)/t23-/m1/s1. The monoisotopic (exact) mass is 420 g/mol. The highest BCUT2D eigenvalue weighted by Crippen LogP contribution is 2.23. The fourth-order valence-electron chi connectivity index (χ4n) is 3.88. The van der Waals surface area contributed by atoms with Crippen LogP contribution >= 0.6 is 11.6 Å². The van der Waals surface area contributed by atoms with Crippen molar-refractivity contribution in [2.24, 2.45) is 0 Å². The minimum absolute atomic E-state index is 0.0692. The Bertz CT molecular complexity index is 959. The SMILES string of the molecule is O=C(NC[C@H](c1cccnc1)N1CCN(c2ccccc2)CC1)c1cccc(Cl)c1. The quantitative estimate of drug-likeness (QED) is 0.654. The van der Waals surface area contributed by atoms with Gasteiger partial charge >= 0.3 is 0 Å². The second kappa shape index (κ2) is 9.74. The van der Waals surface area contributed by atoms with Gasteiger partial charge in [-0.25, -0.2) is 0 Å². The Morgan fingerprint density at radius 2 is 1.80 bits per heavy atom. The Balaban J connectivity index is 1.44. The molecule has 1 aliphatic rings. The molecule has 1 amide bonds. The molecule has 1 aromatic heterocycles. The van der Waals surface area contributed by atoms with E-state index < -0.39 is 0 Å². The van der Waals surface area contributed by atoms with Crippen molar-refractivity contribution in [3.05, 3.63) is 95.3 Å². The number of amides is 1. The number of pyridine rings is 1. The molecule has 2 heterocycles. The normalized spacial score (nSPS) is 15.6. The van der Waals surface area contributed by atoms with Gasteiger partial charge in [0, 0.05) is 61.4 Å². The van der Waals surface area contributed by atoms with Gasteiger partial charge in [-0.1, -0.05) is 41.9 Å². The lowest BCUT2D eigenvalue weighted by atomic mass is 10.1. The number of halogens is 1. The highest BCUT2D eigenvalue weighted by molar-refractivity contribution is 6.30. The number of hydrogen-bond acceptors (Lipinski definition) is 4. The first-order valence-corrected chi connectivity index (χ1v) is 10.6. The lowest BCUT2D eigenvalue weighted by Gasteiger charge is -2.40. The van der Waals surface area contributed by atoms with E-state index in [0.29, 0.717) is 17.1 Å². The van der Waals surface area contributed by atoms with Crippen LogP contribution in [0.15, 0.2) is 79.1 Å². The van der Waals surface area contributed by atoms with Gasteiger partial charge in [0.05, 0.1) is 6.04 Å². The summed E-state index contributed by atoms with van der Waals surface area (Å²) in [5.74, 6) is -0.116. The molecular weight excluding hydrogens is 396 g/mol. The van der Waals surface area contributed by atoms with Gasteiger partial charge in [0.2, 0.25) is 0 Å². The van der Waals surface area contributed by atoms with Gasteiger partial charge in [-0.05, 0) is 42.0 Å². The molecule has 0 aliphatic carbocycles. The number of hydrogen-bond donors (Lipinski definition) is 1. The summed E-state index contributed by atoms with van der Waals surface area (Å²) in [4.78, 5) is 21.8. The van der Waals surface area contributed by atoms with E-state index in [9.17, 15) is 4.79 Å². The number of anilines is 1. The topological polar surface area (TPSA) is 48.5 Å². The smallest absolute Gasteiger partial charge is 0.251 e. The van der Waals surface area contributed by atoms with Crippen LogP contribution in [0.5, 0.6) is 0 Å². The molecule has 1 saturated heterocycles. The number of benzene rings is 2. The Kier molecular flexibility index (Phi) is 6.62.